The highest BCUT2D eigenvalue weighted by Gasteiger charge is 2.34. The number of alkyl carbamates (subject to hydrolysis) is 1. The zero-order valence-corrected chi connectivity index (χ0v) is 15.7. The monoisotopic (exact) mass is 390 g/mol. The average Bonchev–Trinajstić information content (AvgIpc) is 2.57. The second-order valence-electron chi connectivity index (χ2n) is 6.30. The van der Waals surface area contributed by atoms with Crippen LogP contribution in [0.3, 0.4) is 0 Å². The molecule has 0 aliphatic rings. The second-order valence-corrected chi connectivity index (χ2v) is 6.30. The zero-order valence-electron chi connectivity index (χ0n) is 15.7. The van der Waals surface area contributed by atoms with Crippen molar-refractivity contribution >= 4 is 12.0 Å². The normalized spacial score (nSPS) is 13.6. The van der Waals surface area contributed by atoms with Gasteiger partial charge in [0.1, 0.15) is 18.4 Å². The molecule has 1 rings (SSSR count). The van der Waals surface area contributed by atoms with E-state index in [1.165, 1.54) is 18.2 Å². The van der Waals surface area contributed by atoms with Crippen LogP contribution in [0.2, 0.25) is 0 Å². The Morgan fingerprint density at radius 2 is 1.74 bits per heavy atom. The van der Waals surface area contributed by atoms with E-state index in [4.69, 9.17) is 9.47 Å². The molecule has 0 aliphatic heterocycles. The first kappa shape index (κ1) is 22.6. The van der Waals surface area contributed by atoms with E-state index in [2.05, 4.69) is 10.6 Å². The van der Waals surface area contributed by atoms with Crippen molar-refractivity contribution in [1.82, 2.24) is 10.6 Å². The fraction of sp³-hybridized carbons (Fsp3) is 0.556. The molecule has 2 amide bonds. The van der Waals surface area contributed by atoms with Gasteiger partial charge in [-0.3, -0.25) is 4.79 Å². The SMILES string of the molecule is CCOC(=O)NC(C(=O)NC(C)COc1ccccc1C(F)(F)F)C(C)C. The minimum Gasteiger partial charge on any atom is -0.491 e. The molecule has 0 saturated heterocycles. The predicted molar refractivity (Wildman–Crippen MR) is 93.3 cm³/mol. The van der Waals surface area contributed by atoms with Crippen LogP contribution in [0.4, 0.5) is 18.0 Å². The van der Waals surface area contributed by atoms with Gasteiger partial charge in [-0.05, 0) is 31.9 Å². The molecule has 0 spiro atoms. The van der Waals surface area contributed by atoms with E-state index in [0.29, 0.717) is 0 Å². The molecule has 1 aromatic carbocycles. The molecule has 0 saturated carbocycles. The molecule has 2 atom stereocenters. The minimum absolute atomic E-state index is 0.164. The highest BCUT2D eigenvalue weighted by atomic mass is 19.4. The quantitative estimate of drug-likeness (QED) is 0.714. The highest BCUT2D eigenvalue weighted by Crippen LogP contribution is 2.35. The first-order valence-corrected chi connectivity index (χ1v) is 8.58. The molecule has 0 bridgehead atoms. The van der Waals surface area contributed by atoms with Crippen molar-refractivity contribution in [1.29, 1.82) is 0 Å². The maximum atomic E-state index is 13.0. The lowest BCUT2D eigenvalue weighted by Crippen LogP contribution is -2.52. The zero-order chi connectivity index (χ0) is 20.6. The van der Waals surface area contributed by atoms with Gasteiger partial charge in [-0.25, -0.2) is 4.79 Å². The average molecular weight is 390 g/mol. The molecule has 0 aromatic heterocycles. The number of carbonyl (C=O) groups excluding carboxylic acids is 2. The fourth-order valence-electron chi connectivity index (χ4n) is 2.25. The van der Waals surface area contributed by atoms with Gasteiger partial charge >= 0.3 is 12.3 Å². The highest BCUT2D eigenvalue weighted by molar-refractivity contribution is 5.86. The lowest BCUT2D eigenvalue weighted by Gasteiger charge is -2.24. The first-order chi connectivity index (χ1) is 12.6. The summed E-state index contributed by atoms with van der Waals surface area (Å²) >= 11 is 0. The molecular formula is C18H25F3N2O4. The number of benzene rings is 1. The summed E-state index contributed by atoms with van der Waals surface area (Å²) in [4.78, 5) is 23.9. The van der Waals surface area contributed by atoms with Crippen molar-refractivity contribution in [3.8, 4) is 5.75 Å². The van der Waals surface area contributed by atoms with E-state index in [9.17, 15) is 22.8 Å². The lowest BCUT2D eigenvalue weighted by molar-refractivity contribution is -0.139. The predicted octanol–water partition coefficient (Wildman–Crippen LogP) is 3.36. The number of hydrogen-bond acceptors (Lipinski definition) is 4. The first-order valence-electron chi connectivity index (χ1n) is 8.58. The van der Waals surface area contributed by atoms with Gasteiger partial charge in [0.15, 0.2) is 0 Å². The molecule has 27 heavy (non-hydrogen) atoms. The van der Waals surface area contributed by atoms with Gasteiger partial charge in [0.05, 0.1) is 18.2 Å². The van der Waals surface area contributed by atoms with E-state index >= 15 is 0 Å². The molecule has 2 N–H and O–H groups in total. The van der Waals surface area contributed by atoms with Crippen molar-refractivity contribution in [2.75, 3.05) is 13.2 Å². The summed E-state index contributed by atoms with van der Waals surface area (Å²) in [5.41, 5.74) is -0.882. The summed E-state index contributed by atoms with van der Waals surface area (Å²) in [5, 5.41) is 5.08. The van der Waals surface area contributed by atoms with Crippen LogP contribution < -0.4 is 15.4 Å². The summed E-state index contributed by atoms with van der Waals surface area (Å²) in [5.74, 6) is -0.997. The molecular weight excluding hydrogens is 365 g/mol. The number of carbonyl (C=O) groups is 2. The largest absolute Gasteiger partial charge is 0.491 e. The van der Waals surface area contributed by atoms with E-state index in [-0.39, 0.29) is 24.9 Å². The second kappa shape index (κ2) is 10.0. The summed E-state index contributed by atoms with van der Waals surface area (Å²) in [7, 11) is 0. The summed E-state index contributed by atoms with van der Waals surface area (Å²) in [6.45, 7) is 6.73. The van der Waals surface area contributed by atoms with Crippen LogP contribution in [-0.2, 0) is 15.7 Å². The van der Waals surface area contributed by atoms with Crippen molar-refractivity contribution in [2.45, 2.75) is 46.0 Å². The molecule has 9 heteroatoms. The Hall–Kier alpha value is -2.45. The number of nitrogens with one attached hydrogen (secondary N) is 2. The van der Waals surface area contributed by atoms with Crippen LogP contribution >= 0.6 is 0 Å². The third kappa shape index (κ3) is 7.36. The van der Waals surface area contributed by atoms with Gasteiger partial charge in [0.2, 0.25) is 5.91 Å². The fourth-order valence-corrected chi connectivity index (χ4v) is 2.25. The molecule has 0 fully saturated rings. The van der Waals surface area contributed by atoms with E-state index < -0.39 is 35.8 Å². The van der Waals surface area contributed by atoms with Crippen LogP contribution in [0, 0.1) is 5.92 Å². The number of alkyl halides is 3. The van der Waals surface area contributed by atoms with Crippen LogP contribution in [-0.4, -0.2) is 37.3 Å². The van der Waals surface area contributed by atoms with Crippen molar-refractivity contribution in [2.24, 2.45) is 5.92 Å². The van der Waals surface area contributed by atoms with Crippen LogP contribution in [0.25, 0.3) is 0 Å². The summed E-state index contributed by atoms with van der Waals surface area (Å²) < 4.78 is 48.9. The Morgan fingerprint density at radius 3 is 2.30 bits per heavy atom. The van der Waals surface area contributed by atoms with E-state index in [1.807, 2.05) is 0 Å². The van der Waals surface area contributed by atoms with Crippen LogP contribution in [0.5, 0.6) is 5.75 Å². The molecule has 2 unspecified atom stereocenters. The maximum Gasteiger partial charge on any atom is 0.419 e. The number of rotatable bonds is 8. The number of hydrogen-bond donors (Lipinski definition) is 2. The van der Waals surface area contributed by atoms with Gasteiger partial charge in [-0.2, -0.15) is 13.2 Å². The van der Waals surface area contributed by atoms with E-state index in [1.54, 1.807) is 27.7 Å². The third-order valence-corrected chi connectivity index (χ3v) is 3.57. The Kier molecular flexibility index (Phi) is 8.39. The summed E-state index contributed by atoms with van der Waals surface area (Å²) in [6, 6.07) is 3.44. The van der Waals surface area contributed by atoms with Gasteiger partial charge in [-0.15, -0.1) is 0 Å². The van der Waals surface area contributed by atoms with Gasteiger partial charge in [0, 0.05) is 0 Å². The number of para-hydroxylation sites is 1. The van der Waals surface area contributed by atoms with Gasteiger partial charge < -0.3 is 20.1 Å². The summed E-state index contributed by atoms with van der Waals surface area (Å²) in [6.07, 6.45) is -5.25. The van der Waals surface area contributed by atoms with E-state index in [0.717, 1.165) is 6.07 Å². The molecule has 152 valence electrons. The Morgan fingerprint density at radius 1 is 1.11 bits per heavy atom. The molecule has 0 aliphatic carbocycles. The minimum atomic E-state index is -4.53. The Bertz CT molecular complexity index is 635. The number of amides is 2. The third-order valence-electron chi connectivity index (χ3n) is 3.57. The van der Waals surface area contributed by atoms with Crippen molar-refractivity contribution in [3.05, 3.63) is 29.8 Å². The maximum absolute atomic E-state index is 13.0. The van der Waals surface area contributed by atoms with Gasteiger partial charge in [-0.1, -0.05) is 26.0 Å². The molecule has 0 radical (unpaired) electrons. The van der Waals surface area contributed by atoms with Crippen LogP contribution in [0.1, 0.15) is 33.3 Å². The molecule has 1 aromatic rings. The van der Waals surface area contributed by atoms with Crippen molar-refractivity contribution < 1.29 is 32.2 Å². The Balaban J connectivity index is 2.67. The number of ether oxygens (including phenoxy) is 2. The van der Waals surface area contributed by atoms with Crippen LogP contribution in [0.15, 0.2) is 24.3 Å². The smallest absolute Gasteiger partial charge is 0.419 e. The van der Waals surface area contributed by atoms with Crippen molar-refractivity contribution in [3.63, 3.8) is 0 Å². The van der Waals surface area contributed by atoms with Gasteiger partial charge in [0.25, 0.3) is 0 Å². The Labute approximate surface area is 156 Å². The number of halogens is 3. The molecule has 6 nitrogen and oxygen atoms in total. The topological polar surface area (TPSA) is 76.7 Å². The lowest BCUT2D eigenvalue weighted by atomic mass is 10.0. The standard InChI is InChI=1S/C18H25F3N2O4/c1-5-26-17(25)23-15(11(2)3)16(24)22-12(4)10-27-14-9-7-6-8-13(14)18(19,20)21/h6-9,11-12,15H,5,10H2,1-4H3,(H,22,24)(H,23,25). The molecule has 0 heterocycles.